The summed E-state index contributed by atoms with van der Waals surface area (Å²) in [5, 5.41) is 3.26. The van der Waals surface area contributed by atoms with Crippen molar-refractivity contribution in [1.29, 1.82) is 0 Å². The van der Waals surface area contributed by atoms with E-state index < -0.39 is 10.0 Å². The highest BCUT2D eigenvalue weighted by Crippen LogP contribution is 1.84. The van der Waals surface area contributed by atoms with Gasteiger partial charge in [-0.05, 0) is 18.9 Å². The second-order valence-electron chi connectivity index (χ2n) is 2.11. The Bertz CT molecular complexity index is 255. The number of nitrogens with zero attached hydrogens (tertiary/aromatic N) is 3. The van der Waals surface area contributed by atoms with Gasteiger partial charge in [-0.15, -0.1) is 0 Å². The molecular formula is C5H12N4O2S. The Morgan fingerprint density at radius 1 is 1.58 bits per heavy atom. The SMILES string of the molecule is CCS(=O)(=O)NCCCN=[N+]=[N-]. The predicted molar refractivity (Wildman–Crippen MR) is 46.1 cm³/mol. The minimum absolute atomic E-state index is 0.0779. The van der Waals surface area contributed by atoms with Gasteiger partial charge in [-0.1, -0.05) is 5.11 Å². The van der Waals surface area contributed by atoms with Gasteiger partial charge in [0.05, 0.1) is 5.75 Å². The van der Waals surface area contributed by atoms with Gasteiger partial charge in [-0.25, -0.2) is 13.1 Å². The van der Waals surface area contributed by atoms with Gasteiger partial charge in [0.1, 0.15) is 0 Å². The second kappa shape index (κ2) is 5.82. The van der Waals surface area contributed by atoms with Crippen molar-refractivity contribution >= 4 is 10.0 Å². The lowest BCUT2D eigenvalue weighted by molar-refractivity contribution is 0.581. The zero-order valence-corrected chi connectivity index (χ0v) is 7.71. The van der Waals surface area contributed by atoms with Crippen LogP contribution in [0.15, 0.2) is 5.11 Å². The van der Waals surface area contributed by atoms with Crippen LogP contribution < -0.4 is 4.72 Å². The van der Waals surface area contributed by atoms with Crippen molar-refractivity contribution in [2.24, 2.45) is 5.11 Å². The smallest absolute Gasteiger partial charge is 0.211 e. The first-order valence-corrected chi connectivity index (χ1v) is 5.26. The van der Waals surface area contributed by atoms with Crippen LogP contribution in [-0.4, -0.2) is 27.3 Å². The minimum atomic E-state index is -3.09. The molecule has 0 aliphatic heterocycles. The van der Waals surface area contributed by atoms with Gasteiger partial charge in [0.2, 0.25) is 10.0 Å². The van der Waals surface area contributed by atoms with Crippen LogP contribution in [0.25, 0.3) is 10.4 Å². The van der Waals surface area contributed by atoms with Crippen LogP contribution in [0.1, 0.15) is 13.3 Å². The van der Waals surface area contributed by atoms with Crippen molar-refractivity contribution in [2.75, 3.05) is 18.8 Å². The third-order valence-electron chi connectivity index (χ3n) is 1.20. The molecule has 7 heteroatoms. The molecule has 0 saturated heterocycles. The first kappa shape index (κ1) is 11.2. The van der Waals surface area contributed by atoms with Crippen LogP contribution in [0.3, 0.4) is 0 Å². The molecule has 0 aliphatic carbocycles. The Morgan fingerprint density at radius 2 is 2.25 bits per heavy atom. The topological polar surface area (TPSA) is 94.9 Å². The summed E-state index contributed by atoms with van der Waals surface area (Å²) in [4.78, 5) is 2.54. The quantitative estimate of drug-likeness (QED) is 0.289. The third kappa shape index (κ3) is 5.96. The van der Waals surface area contributed by atoms with E-state index in [0.29, 0.717) is 19.5 Å². The van der Waals surface area contributed by atoms with Gasteiger partial charge >= 0.3 is 0 Å². The summed E-state index contributed by atoms with van der Waals surface area (Å²) in [6.07, 6.45) is 0.531. The molecule has 6 nitrogen and oxygen atoms in total. The number of rotatable bonds is 6. The molecule has 1 N–H and O–H groups in total. The van der Waals surface area contributed by atoms with E-state index in [1.807, 2.05) is 0 Å². The van der Waals surface area contributed by atoms with E-state index in [1.165, 1.54) is 0 Å². The third-order valence-corrected chi connectivity index (χ3v) is 2.60. The molecule has 0 bridgehead atoms. The summed E-state index contributed by atoms with van der Waals surface area (Å²) in [5.74, 6) is 0.0779. The lowest BCUT2D eigenvalue weighted by Gasteiger charge is -2.01. The number of hydrogen-bond acceptors (Lipinski definition) is 3. The maximum absolute atomic E-state index is 10.8. The molecule has 0 aromatic rings. The molecule has 0 spiro atoms. The summed E-state index contributed by atoms with van der Waals surface area (Å²) in [7, 11) is -3.09. The van der Waals surface area contributed by atoms with Crippen molar-refractivity contribution in [3.63, 3.8) is 0 Å². The lowest BCUT2D eigenvalue weighted by atomic mass is 10.4. The molecule has 0 amide bonds. The lowest BCUT2D eigenvalue weighted by Crippen LogP contribution is -2.26. The van der Waals surface area contributed by atoms with Crippen molar-refractivity contribution < 1.29 is 8.42 Å². The predicted octanol–water partition coefficient (Wildman–Crippen LogP) is 0.626. The van der Waals surface area contributed by atoms with Crippen molar-refractivity contribution in [3.8, 4) is 0 Å². The molecule has 0 heterocycles. The fraction of sp³-hybridized carbons (Fsp3) is 1.00. The molecule has 0 radical (unpaired) electrons. The van der Waals surface area contributed by atoms with Gasteiger partial charge in [-0.2, -0.15) is 0 Å². The summed E-state index contributed by atoms with van der Waals surface area (Å²) < 4.78 is 24.0. The van der Waals surface area contributed by atoms with E-state index in [2.05, 4.69) is 14.7 Å². The van der Waals surface area contributed by atoms with Crippen molar-refractivity contribution in [3.05, 3.63) is 10.4 Å². The molecule has 0 rings (SSSR count). The Kier molecular flexibility index (Phi) is 5.44. The van der Waals surface area contributed by atoms with Crippen LogP contribution in [0.5, 0.6) is 0 Å². The van der Waals surface area contributed by atoms with Crippen LogP contribution in [0.2, 0.25) is 0 Å². The molecule has 0 atom stereocenters. The fourth-order valence-electron chi connectivity index (χ4n) is 0.524. The first-order valence-electron chi connectivity index (χ1n) is 3.60. The van der Waals surface area contributed by atoms with Crippen LogP contribution in [0, 0.1) is 0 Å². The number of sulfonamides is 1. The van der Waals surface area contributed by atoms with Gasteiger partial charge < -0.3 is 0 Å². The molecule has 0 fully saturated rings. The van der Waals surface area contributed by atoms with E-state index in [0.717, 1.165) is 0 Å². The Morgan fingerprint density at radius 3 is 2.75 bits per heavy atom. The van der Waals surface area contributed by atoms with E-state index in [-0.39, 0.29) is 5.75 Å². The average molecular weight is 192 g/mol. The molecule has 0 aromatic heterocycles. The van der Waals surface area contributed by atoms with Gasteiger partial charge in [0.15, 0.2) is 0 Å². The van der Waals surface area contributed by atoms with E-state index >= 15 is 0 Å². The van der Waals surface area contributed by atoms with Crippen LogP contribution >= 0.6 is 0 Å². The summed E-state index contributed by atoms with van der Waals surface area (Å²) >= 11 is 0. The van der Waals surface area contributed by atoms with E-state index in [9.17, 15) is 8.42 Å². The summed E-state index contributed by atoms with van der Waals surface area (Å²) in [6, 6.07) is 0. The molecule has 0 saturated carbocycles. The molecular weight excluding hydrogens is 180 g/mol. The summed E-state index contributed by atoms with van der Waals surface area (Å²) in [6.45, 7) is 2.22. The van der Waals surface area contributed by atoms with Gasteiger partial charge in [0, 0.05) is 18.0 Å². The molecule has 0 aromatic carbocycles. The van der Waals surface area contributed by atoms with Crippen LogP contribution in [-0.2, 0) is 10.0 Å². The largest absolute Gasteiger partial charge is 0.215 e. The standard InChI is InChI=1S/C5H12N4O2S/c1-2-12(10,11)8-5-3-4-7-9-6/h8H,2-5H2,1H3. The highest BCUT2D eigenvalue weighted by atomic mass is 32.2. The Balaban J connectivity index is 3.50. The molecule has 70 valence electrons. The number of azide groups is 1. The average Bonchev–Trinajstić information content (AvgIpc) is 2.04. The number of hydrogen-bond donors (Lipinski definition) is 1. The zero-order chi connectivity index (χ0) is 9.45. The van der Waals surface area contributed by atoms with E-state index in [4.69, 9.17) is 5.53 Å². The van der Waals surface area contributed by atoms with Gasteiger partial charge in [0.25, 0.3) is 0 Å². The molecule has 0 unspecified atom stereocenters. The first-order chi connectivity index (χ1) is 5.62. The molecule has 0 aliphatic rings. The summed E-state index contributed by atoms with van der Waals surface area (Å²) in [5.41, 5.74) is 7.89. The zero-order valence-electron chi connectivity index (χ0n) is 6.89. The molecule has 12 heavy (non-hydrogen) atoms. The highest BCUT2D eigenvalue weighted by Gasteiger charge is 2.03. The monoisotopic (exact) mass is 192 g/mol. The Labute approximate surface area is 71.6 Å². The van der Waals surface area contributed by atoms with Gasteiger partial charge in [-0.3, -0.25) is 0 Å². The number of nitrogens with one attached hydrogen (secondary N) is 1. The maximum atomic E-state index is 10.8. The van der Waals surface area contributed by atoms with Crippen molar-refractivity contribution in [1.82, 2.24) is 4.72 Å². The maximum Gasteiger partial charge on any atom is 0.211 e. The Hall–Kier alpha value is -0.780. The van der Waals surface area contributed by atoms with Crippen molar-refractivity contribution in [2.45, 2.75) is 13.3 Å². The van der Waals surface area contributed by atoms with E-state index in [1.54, 1.807) is 6.92 Å². The highest BCUT2D eigenvalue weighted by molar-refractivity contribution is 7.89. The fourth-order valence-corrected chi connectivity index (χ4v) is 1.18. The van der Waals surface area contributed by atoms with Crippen LogP contribution in [0.4, 0.5) is 0 Å². The second-order valence-corrected chi connectivity index (χ2v) is 4.20. The normalized spacial score (nSPS) is 10.8. The minimum Gasteiger partial charge on any atom is -0.215 e.